The highest BCUT2D eigenvalue weighted by Crippen LogP contribution is 2.11. The number of aliphatic hydroxyl groups is 1. The van der Waals surface area contributed by atoms with Gasteiger partial charge in [0.1, 0.15) is 0 Å². The third kappa shape index (κ3) is 2.83. The minimum atomic E-state index is -0.509. The number of aryl methyl sites for hydroxylation is 2. The van der Waals surface area contributed by atoms with Crippen LogP contribution >= 0.6 is 11.3 Å². The van der Waals surface area contributed by atoms with Gasteiger partial charge < -0.3 is 5.11 Å². The number of aromatic nitrogens is 5. The third-order valence-corrected chi connectivity index (χ3v) is 2.90. The molecule has 2 aromatic heterocycles. The average Bonchev–Trinajstić information content (AvgIpc) is 2.76. The SMILES string of the molecule is Cc1nc(CC(O)Cc2nnn(C)n2)cs1. The second-order valence-electron chi connectivity index (χ2n) is 3.62. The van der Waals surface area contributed by atoms with Crippen LogP contribution < -0.4 is 0 Å². The molecule has 0 fully saturated rings. The number of hydrogen-bond donors (Lipinski definition) is 1. The van der Waals surface area contributed by atoms with Crippen LogP contribution in [0.2, 0.25) is 0 Å². The van der Waals surface area contributed by atoms with Gasteiger partial charge in [0.15, 0.2) is 5.82 Å². The summed E-state index contributed by atoms with van der Waals surface area (Å²) in [5.74, 6) is 0.557. The van der Waals surface area contributed by atoms with E-state index in [0.29, 0.717) is 18.7 Å². The van der Waals surface area contributed by atoms with Crippen LogP contribution in [0, 0.1) is 6.92 Å². The van der Waals surface area contributed by atoms with Crippen molar-refractivity contribution >= 4 is 11.3 Å². The quantitative estimate of drug-likeness (QED) is 0.820. The van der Waals surface area contributed by atoms with Gasteiger partial charge in [0.2, 0.25) is 0 Å². The zero-order valence-electron chi connectivity index (χ0n) is 9.16. The molecule has 2 heterocycles. The predicted molar refractivity (Wildman–Crippen MR) is 59.1 cm³/mol. The summed E-state index contributed by atoms with van der Waals surface area (Å²) >= 11 is 1.59. The van der Waals surface area contributed by atoms with Gasteiger partial charge in [0, 0.05) is 18.2 Å². The molecule has 2 rings (SSSR count). The van der Waals surface area contributed by atoms with E-state index >= 15 is 0 Å². The topological polar surface area (TPSA) is 76.7 Å². The highest BCUT2D eigenvalue weighted by atomic mass is 32.1. The first kappa shape index (κ1) is 11.2. The molecule has 86 valence electrons. The minimum Gasteiger partial charge on any atom is -0.392 e. The maximum atomic E-state index is 9.82. The molecule has 0 aliphatic carbocycles. The lowest BCUT2D eigenvalue weighted by molar-refractivity contribution is 0.172. The van der Waals surface area contributed by atoms with Crippen LogP contribution in [0.5, 0.6) is 0 Å². The first-order chi connectivity index (χ1) is 7.63. The van der Waals surface area contributed by atoms with Crippen molar-refractivity contribution in [1.82, 2.24) is 25.2 Å². The van der Waals surface area contributed by atoms with E-state index in [-0.39, 0.29) is 0 Å². The summed E-state index contributed by atoms with van der Waals surface area (Å²) in [5, 5.41) is 24.3. The Balaban J connectivity index is 1.91. The van der Waals surface area contributed by atoms with Gasteiger partial charge in [-0.05, 0) is 12.1 Å². The van der Waals surface area contributed by atoms with Gasteiger partial charge in [-0.1, -0.05) is 0 Å². The Labute approximate surface area is 97.0 Å². The van der Waals surface area contributed by atoms with Crippen molar-refractivity contribution < 1.29 is 5.11 Å². The number of rotatable bonds is 4. The Morgan fingerprint density at radius 3 is 2.88 bits per heavy atom. The zero-order chi connectivity index (χ0) is 11.5. The monoisotopic (exact) mass is 239 g/mol. The van der Waals surface area contributed by atoms with Gasteiger partial charge in [-0.25, -0.2) is 4.98 Å². The van der Waals surface area contributed by atoms with Gasteiger partial charge >= 0.3 is 0 Å². The highest BCUT2D eigenvalue weighted by Gasteiger charge is 2.12. The Morgan fingerprint density at radius 2 is 2.31 bits per heavy atom. The molecule has 0 radical (unpaired) electrons. The van der Waals surface area contributed by atoms with E-state index in [4.69, 9.17) is 0 Å². The summed E-state index contributed by atoms with van der Waals surface area (Å²) in [6.07, 6.45) is 0.429. The highest BCUT2D eigenvalue weighted by molar-refractivity contribution is 7.09. The van der Waals surface area contributed by atoms with E-state index in [2.05, 4.69) is 20.4 Å². The Hall–Kier alpha value is -1.34. The molecule has 0 aliphatic rings. The number of aliphatic hydroxyl groups excluding tert-OH is 1. The smallest absolute Gasteiger partial charge is 0.177 e. The zero-order valence-corrected chi connectivity index (χ0v) is 9.98. The second-order valence-corrected chi connectivity index (χ2v) is 4.68. The summed E-state index contributed by atoms with van der Waals surface area (Å²) < 4.78 is 0. The summed E-state index contributed by atoms with van der Waals surface area (Å²) in [7, 11) is 1.70. The molecule has 1 unspecified atom stereocenters. The Bertz CT molecular complexity index is 424. The molecule has 0 saturated carbocycles. The number of hydrogen-bond acceptors (Lipinski definition) is 6. The fourth-order valence-corrected chi connectivity index (χ4v) is 2.06. The molecule has 0 bridgehead atoms. The van der Waals surface area contributed by atoms with Crippen LogP contribution in [-0.4, -0.2) is 36.4 Å². The summed E-state index contributed by atoms with van der Waals surface area (Å²) in [6.45, 7) is 1.95. The van der Waals surface area contributed by atoms with Crippen LogP contribution in [0.25, 0.3) is 0 Å². The van der Waals surface area contributed by atoms with Crippen molar-refractivity contribution in [2.45, 2.75) is 25.9 Å². The Kier molecular flexibility index (Phi) is 3.25. The minimum absolute atomic E-state index is 0.407. The molecule has 0 aromatic carbocycles. The molecule has 0 saturated heterocycles. The normalized spacial score (nSPS) is 12.9. The molecule has 16 heavy (non-hydrogen) atoms. The largest absolute Gasteiger partial charge is 0.392 e. The molecule has 2 aromatic rings. The van der Waals surface area contributed by atoms with Crippen LogP contribution in [0.1, 0.15) is 16.5 Å². The van der Waals surface area contributed by atoms with Gasteiger partial charge in [-0.2, -0.15) is 4.80 Å². The number of tetrazole rings is 1. The maximum Gasteiger partial charge on any atom is 0.177 e. The number of thiazole rings is 1. The third-order valence-electron chi connectivity index (χ3n) is 2.08. The van der Waals surface area contributed by atoms with Gasteiger partial charge in [-0.3, -0.25) is 0 Å². The van der Waals surface area contributed by atoms with Crippen molar-refractivity contribution in [3.05, 3.63) is 21.9 Å². The molecule has 1 atom stereocenters. The molecule has 7 heteroatoms. The van der Waals surface area contributed by atoms with Crippen LogP contribution in [0.4, 0.5) is 0 Å². The van der Waals surface area contributed by atoms with E-state index in [1.54, 1.807) is 18.4 Å². The van der Waals surface area contributed by atoms with E-state index in [9.17, 15) is 5.11 Å². The molecule has 1 N–H and O–H groups in total. The van der Waals surface area contributed by atoms with E-state index in [0.717, 1.165) is 10.7 Å². The first-order valence-electron chi connectivity index (χ1n) is 4.95. The average molecular weight is 239 g/mol. The Morgan fingerprint density at radius 1 is 1.50 bits per heavy atom. The summed E-state index contributed by atoms with van der Waals surface area (Å²) in [5.41, 5.74) is 0.916. The van der Waals surface area contributed by atoms with Crippen molar-refractivity contribution in [2.75, 3.05) is 0 Å². The van der Waals surface area contributed by atoms with Crippen LogP contribution in [-0.2, 0) is 19.9 Å². The van der Waals surface area contributed by atoms with Crippen LogP contribution in [0.15, 0.2) is 5.38 Å². The van der Waals surface area contributed by atoms with Crippen molar-refractivity contribution in [2.24, 2.45) is 7.05 Å². The van der Waals surface area contributed by atoms with Crippen molar-refractivity contribution in [3.63, 3.8) is 0 Å². The van der Waals surface area contributed by atoms with E-state index in [1.165, 1.54) is 4.80 Å². The summed E-state index contributed by atoms with van der Waals surface area (Å²) in [6, 6.07) is 0. The lowest BCUT2D eigenvalue weighted by Gasteiger charge is -2.04. The van der Waals surface area contributed by atoms with Crippen LogP contribution in [0.3, 0.4) is 0 Å². The lowest BCUT2D eigenvalue weighted by Crippen LogP contribution is -2.15. The predicted octanol–water partition coefficient (Wildman–Crippen LogP) is 0.121. The summed E-state index contributed by atoms with van der Waals surface area (Å²) in [4.78, 5) is 5.68. The maximum absolute atomic E-state index is 9.82. The number of nitrogens with zero attached hydrogens (tertiary/aromatic N) is 5. The fourth-order valence-electron chi connectivity index (χ4n) is 1.43. The molecule has 0 aliphatic heterocycles. The van der Waals surface area contributed by atoms with E-state index in [1.807, 2.05) is 12.3 Å². The molecular formula is C9H13N5OS. The molecule has 6 nitrogen and oxygen atoms in total. The van der Waals surface area contributed by atoms with Gasteiger partial charge in [0.25, 0.3) is 0 Å². The second kappa shape index (κ2) is 4.67. The van der Waals surface area contributed by atoms with Crippen molar-refractivity contribution in [3.8, 4) is 0 Å². The molecular weight excluding hydrogens is 226 g/mol. The molecule has 0 amide bonds. The van der Waals surface area contributed by atoms with E-state index < -0.39 is 6.10 Å². The fraction of sp³-hybridized carbons (Fsp3) is 0.556. The van der Waals surface area contributed by atoms with Gasteiger partial charge in [0.05, 0.1) is 23.9 Å². The lowest BCUT2D eigenvalue weighted by atomic mass is 10.1. The molecule has 0 spiro atoms. The van der Waals surface area contributed by atoms with Gasteiger partial charge in [-0.15, -0.1) is 21.5 Å². The van der Waals surface area contributed by atoms with Crippen molar-refractivity contribution in [1.29, 1.82) is 0 Å². The first-order valence-corrected chi connectivity index (χ1v) is 5.83. The standard InChI is InChI=1S/C9H13N5OS/c1-6-10-7(5-16-6)3-8(15)4-9-11-13-14(2)12-9/h5,8,15H,3-4H2,1-2H3.